The molecule has 0 bridgehead atoms. The second-order valence-electron chi connectivity index (χ2n) is 7.36. The molecule has 2 saturated heterocycles. The van der Waals surface area contributed by atoms with Crippen LogP contribution in [0.1, 0.15) is 24.6 Å². The van der Waals surface area contributed by atoms with Crippen LogP contribution in [0.5, 0.6) is 0 Å². The molecule has 8 heteroatoms. The van der Waals surface area contributed by atoms with Gasteiger partial charge in [-0.25, -0.2) is 8.42 Å². The lowest BCUT2D eigenvalue weighted by Crippen LogP contribution is -2.50. The maximum Gasteiger partial charge on any atom is 0.417 e. The van der Waals surface area contributed by atoms with Gasteiger partial charge in [0.1, 0.15) is 0 Å². The van der Waals surface area contributed by atoms with Crippen molar-refractivity contribution >= 4 is 9.84 Å². The third-order valence-corrected chi connectivity index (χ3v) is 6.95. The van der Waals surface area contributed by atoms with E-state index in [4.69, 9.17) is 0 Å². The van der Waals surface area contributed by atoms with E-state index < -0.39 is 21.6 Å². The van der Waals surface area contributed by atoms with E-state index in [1.165, 1.54) is 6.07 Å². The van der Waals surface area contributed by atoms with Gasteiger partial charge in [0.15, 0.2) is 9.84 Å². The van der Waals surface area contributed by atoms with Crippen LogP contribution in [0.25, 0.3) is 0 Å². The quantitative estimate of drug-likeness (QED) is 0.825. The maximum absolute atomic E-state index is 12.5. The largest absolute Gasteiger partial charge is 0.417 e. The Hall–Kier alpha value is -1.15. The number of likely N-dealkylation sites (tertiary alicyclic amines) is 1. The summed E-state index contributed by atoms with van der Waals surface area (Å²) in [4.78, 5) is 6.18. The van der Waals surface area contributed by atoms with Gasteiger partial charge in [-0.2, -0.15) is 13.2 Å². The minimum absolute atomic E-state index is 0.0504. The molecule has 0 N–H and O–H groups in total. The highest BCUT2D eigenvalue weighted by Crippen LogP contribution is 2.41. The molecule has 1 aromatic rings. The van der Waals surface area contributed by atoms with Crippen LogP contribution in [-0.2, 0) is 22.4 Å². The summed E-state index contributed by atoms with van der Waals surface area (Å²) in [5.74, 6) is 0.845. The third-order valence-electron chi connectivity index (χ3n) is 4.85. The summed E-state index contributed by atoms with van der Waals surface area (Å²) in [5.41, 5.74) is -0.132. The average molecular weight is 362 g/mol. The number of pyridine rings is 1. The molecule has 0 unspecified atom stereocenters. The van der Waals surface area contributed by atoms with Crippen LogP contribution in [0.15, 0.2) is 18.3 Å². The van der Waals surface area contributed by atoms with Gasteiger partial charge in [-0.1, -0.05) is 6.92 Å². The fraction of sp³-hybridized carbons (Fsp3) is 0.688. The van der Waals surface area contributed by atoms with Crippen molar-refractivity contribution in [2.24, 2.45) is 11.3 Å². The molecule has 0 aromatic carbocycles. The summed E-state index contributed by atoms with van der Waals surface area (Å²) in [6.45, 7) is 4.55. The molecule has 2 aliphatic heterocycles. The SMILES string of the molecule is C[C@H](Cc1ccc(C(F)(F)F)cn1)CN1CCC2(C1)CS(=O)(=O)C2. The lowest BCUT2D eigenvalue weighted by molar-refractivity contribution is -0.137. The Kier molecular flexibility index (Phi) is 4.40. The molecule has 0 aliphatic carbocycles. The van der Waals surface area contributed by atoms with E-state index in [2.05, 4.69) is 9.88 Å². The number of nitrogens with zero attached hydrogens (tertiary/aromatic N) is 2. The number of hydrogen-bond donors (Lipinski definition) is 0. The average Bonchev–Trinajstić information content (AvgIpc) is 2.79. The smallest absolute Gasteiger partial charge is 0.302 e. The molecule has 1 atom stereocenters. The van der Waals surface area contributed by atoms with Crippen LogP contribution in [0.4, 0.5) is 13.2 Å². The van der Waals surface area contributed by atoms with Crippen molar-refractivity contribution in [3.63, 3.8) is 0 Å². The zero-order valence-corrected chi connectivity index (χ0v) is 14.3. The normalized spacial score (nSPS) is 24.0. The van der Waals surface area contributed by atoms with Crippen molar-refractivity contribution < 1.29 is 21.6 Å². The summed E-state index contributed by atoms with van der Waals surface area (Å²) in [6, 6.07) is 2.50. The molecule has 3 rings (SSSR count). The van der Waals surface area contributed by atoms with Crippen LogP contribution in [0.2, 0.25) is 0 Å². The predicted octanol–water partition coefficient (Wildman–Crippen LogP) is 2.40. The molecule has 4 nitrogen and oxygen atoms in total. The molecule has 1 spiro atoms. The first kappa shape index (κ1) is 17.7. The fourth-order valence-electron chi connectivity index (χ4n) is 3.89. The highest BCUT2D eigenvalue weighted by atomic mass is 32.2. The highest BCUT2D eigenvalue weighted by molar-refractivity contribution is 7.92. The van der Waals surface area contributed by atoms with E-state index in [-0.39, 0.29) is 11.3 Å². The van der Waals surface area contributed by atoms with Gasteiger partial charge in [0.2, 0.25) is 0 Å². The molecule has 3 heterocycles. The van der Waals surface area contributed by atoms with Crippen molar-refractivity contribution in [3.05, 3.63) is 29.6 Å². The number of halogens is 3. The van der Waals surface area contributed by atoms with Gasteiger partial charge in [-0.05, 0) is 37.4 Å². The molecule has 2 fully saturated rings. The van der Waals surface area contributed by atoms with E-state index in [0.717, 1.165) is 38.3 Å². The second kappa shape index (κ2) is 5.98. The fourth-order valence-corrected chi connectivity index (χ4v) is 6.14. The first-order valence-electron chi connectivity index (χ1n) is 8.02. The summed E-state index contributed by atoms with van der Waals surface area (Å²) in [7, 11) is -2.82. The molecule has 24 heavy (non-hydrogen) atoms. The Bertz CT molecular complexity index is 689. The van der Waals surface area contributed by atoms with Crippen LogP contribution < -0.4 is 0 Å². The van der Waals surface area contributed by atoms with E-state index in [1.807, 2.05) is 6.92 Å². The first-order chi connectivity index (χ1) is 11.1. The van der Waals surface area contributed by atoms with E-state index in [1.54, 1.807) is 0 Å². The molecule has 0 radical (unpaired) electrons. The zero-order valence-electron chi connectivity index (χ0n) is 13.5. The number of hydrogen-bond acceptors (Lipinski definition) is 4. The molecule has 134 valence electrons. The van der Waals surface area contributed by atoms with Crippen molar-refractivity contribution in [2.45, 2.75) is 25.9 Å². The van der Waals surface area contributed by atoms with Crippen molar-refractivity contribution in [1.29, 1.82) is 0 Å². The summed E-state index contributed by atoms with van der Waals surface area (Å²) >= 11 is 0. The van der Waals surface area contributed by atoms with Crippen LogP contribution in [-0.4, -0.2) is 49.4 Å². The van der Waals surface area contributed by atoms with Crippen LogP contribution in [0.3, 0.4) is 0 Å². The number of rotatable bonds is 4. The van der Waals surface area contributed by atoms with E-state index in [9.17, 15) is 21.6 Å². The lowest BCUT2D eigenvalue weighted by atomic mass is 9.91. The Morgan fingerprint density at radius 2 is 2.04 bits per heavy atom. The van der Waals surface area contributed by atoms with Crippen molar-refractivity contribution in [2.75, 3.05) is 31.1 Å². The number of aromatic nitrogens is 1. The summed E-state index contributed by atoms with van der Waals surface area (Å²) in [5, 5.41) is 0. The Labute approximate surface area is 140 Å². The maximum atomic E-state index is 12.5. The highest BCUT2D eigenvalue weighted by Gasteiger charge is 2.51. The van der Waals surface area contributed by atoms with Gasteiger partial charge in [0, 0.05) is 30.4 Å². The zero-order chi connectivity index (χ0) is 17.6. The van der Waals surface area contributed by atoms with Gasteiger partial charge in [0.25, 0.3) is 0 Å². The third kappa shape index (κ3) is 3.91. The summed E-state index contributed by atoms with van der Waals surface area (Å²) < 4.78 is 60.4. The van der Waals surface area contributed by atoms with E-state index in [0.29, 0.717) is 23.6 Å². The van der Waals surface area contributed by atoms with Crippen molar-refractivity contribution in [1.82, 2.24) is 9.88 Å². The Morgan fingerprint density at radius 1 is 1.33 bits per heavy atom. The van der Waals surface area contributed by atoms with Gasteiger partial charge in [-0.3, -0.25) is 4.98 Å². The van der Waals surface area contributed by atoms with E-state index >= 15 is 0 Å². The van der Waals surface area contributed by atoms with Crippen LogP contribution >= 0.6 is 0 Å². The predicted molar refractivity (Wildman–Crippen MR) is 84.3 cm³/mol. The van der Waals surface area contributed by atoms with Gasteiger partial charge >= 0.3 is 6.18 Å². The lowest BCUT2D eigenvalue weighted by Gasteiger charge is -2.37. The topological polar surface area (TPSA) is 50.3 Å². The first-order valence-corrected chi connectivity index (χ1v) is 9.84. The monoisotopic (exact) mass is 362 g/mol. The second-order valence-corrected chi connectivity index (χ2v) is 9.43. The van der Waals surface area contributed by atoms with Crippen LogP contribution in [0, 0.1) is 11.3 Å². The Morgan fingerprint density at radius 3 is 2.58 bits per heavy atom. The molecular formula is C16H21F3N2O2S. The van der Waals surface area contributed by atoms with Gasteiger partial charge in [-0.15, -0.1) is 0 Å². The molecule has 1 aromatic heterocycles. The minimum atomic E-state index is -4.36. The minimum Gasteiger partial charge on any atom is -0.302 e. The van der Waals surface area contributed by atoms with Gasteiger partial charge < -0.3 is 4.90 Å². The summed E-state index contributed by atoms with van der Waals surface area (Å²) in [6.07, 6.45) is -1.95. The van der Waals surface area contributed by atoms with Gasteiger partial charge in [0.05, 0.1) is 17.1 Å². The number of sulfone groups is 1. The standard InChI is InChI=1S/C16H21F3N2O2S/c1-12(6-14-3-2-13(7-20-14)16(17,18)19)8-21-5-4-15(9-21)10-24(22,23)11-15/h2-3,7,12H,4-6,8-11H2,1H3/t12-/m1/s1. The molecule has 0 saturated carbocycles. The molecule has 0 amide bonds. The molecular weight excluding hydrogens is 341 g/mol. The van der Waals surface area contributed by atoms with Crippen molar-refractivity contribution in [3.8, 4) is 0 Å². The Balaban J connectivity index is 1.50. The molecule has 2 aliphatic rings. The number of alkyl halides is 3.